The first-order valence-corrected chi connectivity index (χ1v) is 8.45. The van der Waals surface area contributed by atoms with Crippen molar-refractivity contribution in [3.05, 3.63) is 29.8 Å². The zero-order valence-electron chi connectivity index (χ0n) is 13.2. The number of carbonyl (C=O) groups is 3. The van der Waals surface area contributed by atoms with Crippen LogP contribution in [0.25, 0.3) is 0 Å². The van der Waals surface area contributed by atoms with Crippen LogP contribution in [0.5, 0.6) is 0 Å². The van der Waals surface area contributed by atoms with Gasteiger partial charge in [-0.3, -0.25) is 14.4 Å². The van der Waals surface area contributed by atoms with Gasteiger partial charge < -0.3 is 15.7 Å². The SMILES string of the molecule is O=C(O)CNC(=O)c1ccc(NC(=O)C2C3C4CCC(C4)C23)cc1. The van der Waals surface area contributed by atoms with Crippen LogP contribution in [0, 0.1) is 29.6 Å². The third-order valence-corrected chi connectivity index (χ3v) is 5.85. The molecule has 1 aromatic carbocycles. The molecular formula is C18H20N2O4. The summed E-state index contributed by atoms with van der Waals surface area (Å²) in [6, 6.07) is 6.54. The van der Waals surface area contributed by atoms with Gasteiger partial charge in [0, 0.05) is 17.2 Å². The van der Waals surface area contributed by atoms with Crippen molar-refractivity contribution in [2.75, 3.05) is 11.9 Å². The Kier molecular flexibility index (Phi) is 3.55. The maximum absolute atomic E-state index is 12.4. The molecule has 4 unspecified atom stereocenters. The number of benzene rings is 1. The minimum Gasteiger partial charge on any atom is -0.480 e. The van der Waals surface area contributed by atoms with Gasteiger partial charge in [-0.25, -0.2) is 0 Å². The first-order chi connectivity index (χ1) is 11.5. The number of hydrogen-bond donors (Lipinski definition) is 3. The molecule has 3 aliphatic rings. The highest BCUT2D eigenvalue weighted by atomic mass is 16.4. The first-order valence-electron chi connectivity index (χ1n) is 8.45. The molecule has 126 valence electrons. The summed E-state index contributed by atoms with van der Waals surface area (Å²) < 4.78 is 0. The maximum Gasteiger partial charge on any atom is 0.322 e. The molecule has 3 N–H and O–H groups in total. The number of amides is 2. The van der Waals surface area contributed by atoms with E-state index in [1.54, 1.807) is 24.3 Å². The van der Waals surface area contributed by atoms with Crippen LogP contribution in [0.4, 0.5) is 5.69 Å². The summed E-state index contributed by atoms with van der Waals surface area (Å²) in [4.78, 5) is 34.6. The van der Waals surface area contributed by atoms with Gasteiger partial charge in [0.25, 0.3) is 5.91 Å². The van der Waals surface area contributed by atoms with Crippen molar-refractivity contribution in [1.82, 2.24) is 5.32 Å². The molecule has 0 saturated heterocycles. The summed E-state index contributed by atoms with van der Waals surface area (Å²) in [5.74, 6) is 1.47. The summed E-state index contributed by atoms with van der Waals surface area (Å²) in [6.07, 6.45) is 3.89. The zero-order chi connectivity index (χ0) is 16.8. The molecule has 4 rings (SSSR count). The number of fused-ring (bicyclic) bond motifs is 5. The van der Waals surface area contributed by atoms with Crippen LogP contribution in [-0.4, -0.2) is 29.4 Å². The second kappa shape index (κ2) is 5.61. The minimum absolute atomic E-state index is 0.102. The van der Waals surface area contributed by atoms with Crippen LogP contribution >= 0.6 is 0 Å². The van der Waals surface area contributed by atoms with E-state index in [4.69, 9.17) is 5.11 Å². The molecule has 2 bridgehead atoms. The molecule has 3 fully saturated rings. The fraction of sp³-hybridized carbons (Fsp3) is 0.500. The van der Waals surface area contributed by atoms with Crippen molar-refractivity contribution in [1.29, 1.82) is 0 Å². The Hall–Kier alpha value is -2.37. The summed E-state index contributed by atoms with van der Waals surface area (Å²) in [6.45, 7) is -0.413. The number of carbonyl (C=O) groups excluding carboxylic acids is 2. The Morgan fingerprint density at radius 1 is 1.04 bits per heavy atom. The number of rotatable bonds is 5. The van der Waals surface area contributed by atoms with Crippen LogP contribution in [0.2, 0.25) is 0 Å². The summed E-state index contributed by atoms with van der Waals surface area (Å²) in [5, 5.41) is 13.8. The summed E-state index contributed by atoms with van der Waals surface area (Å²) >= 11 is 0. The topological polar surface area (TPSA) is 95.5 Å². The number of anilines is 1. The van der Waals surface area contributed by atoms with E-state index in [-0.39, 0.29) is 11.8 Å². The first kappa shape index (κ1) is 15.2. The number of aliphatic carboxylic acids is 1. The zero-order valence-corrected chi connectivity index (χ0v) is 13.2. The maximum atomic E-state index is 12.4. The van der Waals surface area contributed by atoms with Gasteiger partial charge in [0.05, 0.1) is 0 Å². The Bertz CT molecular complexity index is 683. The second-order valence-electron chi connectivity index (χ2n) is 7.16. The Morgan fingerprint density at radius 3 is 2.25 bits per heavy atom. The third kappa shape index (κ3) is 2.56. The molecule has 6 nitrogen and oxygen atoms in total. The van der Waals surface area contributed by atoms with Crippen molar-refractivity contribution in [2.24, 2.45) is 29.6 Å². The van der Waals surface area contributed by atoms with E-state index in [0.717, 1.165) is 11.8 Å². The van der Waals surface area contributed by atoms with Gasteiger partial charge in [-0.2, -0.15) is 0 Å². The fourth-order valence-electron chi connectivity index (χ4n) is 4.86. The summed E-state index contributed by atoms with van der Waals surface area (Å²) in [5.41, 5.74) is 1.04. The highest BCUT2D eigenvalue weighted by Crippen LogP contribution is 2.69. The van der Waals surface area contributed by atoms with Crippen LogP contribution < -0.4 is 10.6 Å². The molecular weight excluding hydrogens is 308 g/mol. The monoisotopic (exact) mass is 328 g/mol. The molecule has 0 radical (unpaired) electrons. The van der Waals surface area contributed by atoms with Crippen molar-refractivity contribution >= 4 is 23.5 Å². The molecule has 24 heavy (non-hydrogen) atoms. The van der Waals surface area contributed by atoms with E-state index in [9.17, 15) is 14.4 Å². The molecule has 2 amide bonds. The lowest BCUT2D eigenvalue weighted by molar-refractivity contribution is -0.135. The van der Waals surface area contributed by atoms with Gasteiger partial charge in [0.1, 0.15) is 6.54 Å². The predicted octanol–water partition coefficient (Wildman–Crippen LogP) is 1.73. The molecule has 0 aliphatic heterocycles. The Balaban J connectivity index is 1.34. The van der Waals surface area contributed by atoms with Gasteiger partial charge in [-0.05, 0) is 67.2 Å². The van der Waals surface area contributed by atoms with Crippen molar-refractivity contribution in [3.63, 3.8) is 0 Å². The number of carboxylic acids is 1. The van der Waals surface area contributed by atoms with Crippen LogP contribution in [0.15, 0.2) is 24.3 Å². The van der Waals surface area contributed by atoms with Crippen LogP contribution in [0.3, 0.4) is 0 Å². The van der Waals surface area contributed by atoms with Gasteiger partial charge >= 0.3 is 5.97 Å². The van der Waals surface area contributed by atoms with E-state index in [1.165, 1.54) is 19.3 Å². The van der Waals surface area contributed by atoms with Crippen LogP contribution in [-0.2, 0) is 9.59 Å². The highest BCUT2D eigenvalue weighted by Gasteiger charge is 2.67. The Morgan fingerprint density at radius 2 is 1.67 bits per heavy atom. The second-order valence-corrected chi connectivity index (χ2v) is 7.16. The molecule has 4 atom stereocenters. The average Bonchev–Trinajstić information content (AvgIpc) is 3.01. The van der Waals surface area contributed by atoms with Crippen molar-refractivity contribution in [3.8, 4) is 0 Å². The van der Waals surface area contributed by atoms with Crippen molar-refractivity contribution < 1.29 is 19.5 Å². The van der Waals surface area contributed by atoms with Gasteiger partial charge in [-0.15, -0.1) is 0 Å². The molecule has 3 aliphatic carbocycles. The molecule has 1 aromatic rings. The van der Waals surface area contributed by atoms with Gasteiger partial charge in [0.15, 0.2) is 0 Å². The number of carboxylic acid groups (broad SMARTS) is 1. The standard InChI is InChI=1S/C18H20N2O4/c21-13(22)8-19-17(23)9-3-5-12(6-4-9)20-18(24)16-14-10-1-2-11(7-10)15(14)16/h3-6,10-11,14-16H,1-2,7-8H2,(H,19,23)(H,20,24)(H,21,22). The Labute approximate surface area is 139 Å². The lowest BCUT2D eigenvalue weighted by Crippen LogP contribution is -2.29. The van der Waals surface area contributed by atoms with E-state index < -0.39 is 18.4 Å². The quantitative estimate of drug-likeness (QED) is 0.767. The van der Waals surface area contributed by atoms with E-state index >= 15 is 0 Å². The predicted molar refractivity (Wildman–Crippen MR) is 86.3 cm³/mol. The number of nitrogens with one attached hydrogen (secondary N) is 2. The fourth-order valence-corrected chi connectivity index (χ4v) is 4.86. The largest absolute Gasteiger partial charge is 0.480 e. The van der Waals surface area contributed by atoms with E-state index in [0.29, 0.717) is 23.1 Å². The molecule has 6 heteroatoms. The third-order valence-electron chi connectivity index (χ3n) is 5.85. The minimum atomic E-state index is -1.09. The smallest absolute Gasteiger partial charge is 0.322 e. The summed E-state index contributed by atoms with van der Waals surface area (Å²) in [7, 11) is 0. The average molecular weight is 328 g/mol. The molecule has 0 spiro atoms. The molecule has 0 heterocycles. The lowest BCUT2D eigenvalue weighted by Gasteiger charge is -2.10. The lowest BCUT2D eigenvalue weighted by atomic mass is 10.0. The molecule has 3 saturated carbocycles. The van der Waals surface area contributed by atoms with Gasteiger partial charge in [-0.1, -0.05) is 0 Å². The normalized spacial score (nSPS) is 32.1. The van der Waals surface area contributed by atoms with Crippen LogP contribution in [0.1, 0.15) is 29.6 Å². The van der Waals surface area contributed by atoms with E-state index in [2.05, 4.69) is 10.6 Å². The number of hydrogen-bond acceptors (Lipinski definition) is 3. The molecule has 0 aromatic heterocycles. The van der Waals surface area contributed by atoms with Gasteiger partial charge in [0.2, 0.25) is 5.91 Å². The van der Waals surface area contributed by atoms with Crippen molar-refractivity contribution in [2.45, 2.75) is 19.3 Å². The van der Waals surface area contributed by atoms with E-state index in [1.807, 2.05) is 0 Å². The highest BCUT2D eigenvalue weighted by molar-refractivity contribution is 5.98.